The lowest BCUT2D eigenvalue weighted by atomic mass is 9.97. The Bertz CT molecular complexity index is 1630. The second-order valence-corrected chi connectivity index (χ2v) is 11.4. The Hall–Kier alpha value is -4.77. The largest absolute Gasteiger partial charge is 0.448 e. The topological polar surface area (TPSA) is 86.1 Å². The molecule has 0 N–H and O–H groups in total. The summed E-state index contributed by atoms with van der Waals surface area (Å²) in [5, 5.41) is 13.9. The van der Waals surface area contributed by atoms with Crippen molar-refractivity contribution in [3.63, 3.8) is 0 Å². The highest BCUT2D eigenvalue weighted by Gasteiger charge is 2.26. The fourth-order valence-electron chi connectivity index (χ4n) is 5.34. The SMILES string of the molecule is CC(C)(C)OC(=O)N(CCOC(=O)N1CCN(c2ccccc2C#N)CC1)Cc1cc2ccccc2c2ccccc12. The van der Waals surface area contributed by atoms with E-state index in [4.69, 9.17) is 9.47 Å². The van der Waals surface area contributed by atoms with Gasteiger partial charge in [0.05, 0.1) is 17.8 Å². The van der Waals surface area contributed by atoms with Crippen molar-refractivity contribution in [2.24, 2.45) is 0 Å². The molecular weight excluding hydrogens is 528 g/mol. The van der Waals surface area contributed by atoms with Crippen molar-refractivity contribution >= 4 is 39.4 Å². The van der Waals surface area contributed by atoms with E-state index in [2.05, 4.69) is 41.3 Å². The third-order valence-corrected chi connectivity index (χ3v) is 7.36. The van der Waals surface area contributed by atoms with Gasteiger partial charge in [-0.2, -0.15) is 5.26 Å². The Morgan fingerprint density at radius 2 is 1.52 bits per heavy atom. The molecule has 4 aromatic rings. The summed E-state index contributed by atoms with van der Waals surface area (Å²) in [6, 6.07) is 28.2. The van der Waals surface area contributed by atoms with Crippen LogP contribution in [0.4, 0.5) is 15.3 Å². The molecule has 0 aromatic heterocycles. The van der Waals surface area contributed by atoms with E-state index in [1.807, 2.05) is 63.2 Å². The predicted octanol–water partition coefficient (Wildman–Crippen LogP) is 6.56. The lowest BCUT2D eigenvalue weighted by Crippen LogP contribution is -2.49. The zero-order chi connectivity index (χ0) is 29.7. The zero-order valence-electron chi connectivity index (χ0n) is 24.4. The Morgan fingerprint density at radius 3 is 2.24 bits per heavy atom. The van der Waals surface area contributed by atoms with Gasteiger partial charge in [-0.05, 0) is 66.1 Å². The molecule has 1 saturated heterocycles. The summed E-state index contributed by atoms with van der Waals surface area (Å²) < 4.78 is 11.4. The number of para-hydroxylation sites is 1. The van der Waals surface area contributed by atoms with Crippen LogP contribution in [-0.2, 0) is 16.0 Å². The van der Waals surface area contributed by atoms with Gasteiger partial charge in [-0.3, -0.25) is 0 Å². The van der Waals surface area contributed by atoms with Gasteiger partial charge in [0.15, 0.2) is 0 Å². The number of fused-ring (bicyclic) bond motifs is 3. The molecule has 8 heteroatoms. The molecule has 5 rings (SSSR count). The molecule has 0 bridgehead atoms. The van der Waals surface area contributed by atoms with Crippen molar-refractivity contribution in [1.29, 1.82) is 5.26 Å². The number of hydrogen-bond acceptors (Lipinski definition) is 6. The third kappa shape index (κ3) is 6.58. The number of rotatable bonds is 6. The van der Waals surface area contributed by atoms with E-state index in [-0.39, 0.29) is 13.2 Å². The molecule has 2 amide bonds. The smallest absolute Gasteiger partial charge is 0.410 e. The summed E-state index contributed by atoms with van der Waals surface area (Å²) in [6.07, 6.45) is -0.871. The zero-order valence-corrected chi connectivity index (χ0v) is 24.4. The average Bonchev–Trinajstić information content (AvgIpc) is 2.99. The third-order valence-electron chi connectivity index (χ3n) is 7.36. The van der Waals surface area contributed by atoms with Crippen molar-refractivity contribution in [1.82, 2.24) is 9.80 Å². The van der Waals surface area contributed by atoms with Gasteiger partial charge < -0.3 is 24.2 Å². The van der Waals surface area contributed by atoms with Crippen LogP contribution in [0.5, 0.6) is 0 Å². The van der Waals surface area contributed by atoms with E-state index in [0.717, 1.165) is 32.8 Å². The van der Waals surface area contributed by atoms with Crippen LogP contribution in [0, 0.1) is 11.3 Å². The van der Waals surface area contributed by atoms with Crippen molar-refractivity contribution in [2.75, 3.05) is 44.2 Å². The highest BCUT2D eigenvalue weighted by atomic mass is 16.6. The van der Waals surface area contributed by atoms with Gasteiger partial charge in [0.2, 0.25) is 0 Å². The molecule has 1 fully saturated rings. The number of ether oxygens (including phenoxy) is 2. The first-order valence-electron chi connectivity index (χ1n) is 14.3. The summed E-state index contributed by atoms with van der Waals surface area (Å²) in [7, 11) is 0. The Labute approximate surface area is 246 Å². The number of nitrogens with zero attached hydrogens (tertiary/aromatic N) is 4. The summed E-state index contributed by atoms with van der Waals surface area (Å²) in [5.41, 5.74) is 1.83. The van der Waals surface area contributed by atoms with Gasteiger partial charge in [-0.25, -0.2) is 9.59 Å². The van der Waals surface area contributed by atoms with E-state index in [9.17, 15) is 14.9 Å². The standard InChI is InChI=1S/C34H36N4O4/c1-34(2,3)42-33(40)38(24-27-22-25-10-4-6-12-28(25)30-14-8-7-13-29(27)30)20-21-41-32(39)37-18-16-36(17-19-37)31-15-9-5-11-26(31)23-35/h4-15,22H,16-21,24H2,1-3H3. The molecule has 0 spiro atoms. The van der Waals surface area contributed by atoms with Crippen molar-refractivity contribution < 1.29 is 19.1 Å². The highest BCUT2D eigenvalue weighted by Crippen LogP contribution is 2.30. The first kappa shape index (κ1) is 28.7. The van der Waals surface area contributed by atoms with Gasteiger partial charge in [-0.15, -0.1) is 0 Å². The number of benzene rings is 4. The van der Waals surface area contributed by atoms with Crippen molar-refractivity contribution in [2.45, 2.75) is 32.9 Å². The van der Waals surface area contributed by atoms with Gasteiger partial charge in [-0.1, -0.05) is 60.7 Å². The molecule has 216 valence electrons. The monoisotopic (exact) mass is 564 g/mol. The first-order chi connectivity index (χ1) is 20.2. The van der Waals surface area contributed by atoms with Crippen LogP contribution in [0.2, 0.25) is 0 Å². The molecular formula is C34H36N4O4. The fourth-order valence-corrected chi connectivity index (χ4v) is 5.34. The van der Waals surface area contributed by atoms with E-state index in [0.29, 0.717) is 38.3 Å². The van der Waals surface area contributed by atoms with Crippen LogP contribution in [0.1, 0.15) is 31.9 Å². The van der Waals surface area contributed by atoms with E-state index in [1.54, 1.807) is 15.9 Å². The molecule has 4 aromatic carbocycles. The van der Waals surface area contributed by atoms with Crippen molar-refractivity contribution in [3.8, 4) is 6.07 Å². The molecule has 1 aliphatic rings. The summed E-state index contributed by atoms with van der Waals surface area (Å²) in [6.45, 7) is 8.23. The number of amides is 2. The van der Waals surface area contributed by atoms with Crippen LogP contribution < -0.4 is 4.90 Å². The van der Waals surface area contributed by atoms with Gasteiger partial charge in [0.25, 0.3) is 0 Å². The molecule has 1 aliphatic heterocycles. The lowest BCUT2D eigenvalue weighted by molar-refractivity contribution is 0.0175. The van der Waals surface area contributed by atoms with Crippen LogP contribution in [-0.4, -0.2) is 66.9 Å². The van der Waals surface area contributed by atoms with E-state index in [1.165, 1.54) is 0 Å². The Kier molecular flexibility index (Phi) is 8.48. The summed E-state index contributed by atoms with van der Waals surface area (Å²) in [5.74, 6) is 0. The second-order valence-electron chi connectivity index (χ2n) is 11.4. The second kappa shape index (κ2) is 12.4. The number of carbonyl (C=O) groups is 2. The summed E-state index contributed by atoms with van der Waals surface area (Å²) >= 11 is 0. The fraction of sp³-hybridized carbons (Fsp3) is 0.324. The maximum absolute atomic E-state index is 13.3. The molecule has 1 heterocycles. The van der Waals surface area contributed by atoms with E-state index >= 15 is 0 Å². The molecule has 0 radical (unpaired) electrons. The number of piperazine rings is 1. The minimum atomic E-state index is -0.665. The van der Waals surface area contributed by atoms with Crippen molar-refractivity contribution in [3.05, 3.63) is 90.0 Å². The molecule has 0 unspecified atom stereocenters. The minimum Gasteiger partial charge on any atom is -0.448 e. The summed E-state index contributed by atoms with van der Waals surface area (Å²) in [4.78, 5) is 31.6. The number of carbonyl (C=O) groups excluding carboxylic acids is 2. The van der Waals surface area contributed by atoms with E-state index < -0.39 is 17.8 Å². The molecule has 0 aliphatic carbocycles. The molecule has 0 saturated carbocycles. The molecule has 8 nitrogen and oxygen atoms in total. The van der Waals surface area contributed by atoms with Gasteiger partial charge in [0, 0.05) is 32.7 Å². The van der Waals surface area contributed by atoms with Crippen LogP contribution in [0.3, 0.4) is 0 Å². The molecule has 42 heavy (non-hydrogen) atoms. The van der Waals surface area contributed by atoms with Gasteiger partial charge >= 0.3 is 12.2 Å². The van der Waals surface area contributed by atoms with Crippen LogP contribution in [0.25, 0.3) is 21.5 Å². The first-order valence-corrected chi connectivity index (χ1v) is 14.3. The number of hydrogen-bond donors (Lipinski definition) is 0. The Balaban J connectivity index is 1.26. The minimum absolute atomic E-state index is 0.0427. The number of nitriles is 1. The maximum atomic E-state index is 13.3. The average molecular weight is 565 g/mol. The quantitative estimate of drug-likeness (QED) is 0.247. The predicted molar refractivity (Wildman–Crippen MR) is 164 cm³/mol. The van der Waals surface area contributed by atoms with Crippen LogP contribution >= 0.6 is 0 Å². The maximum Gasteiger partial charge on any atom is 0.410 e. The number of anilines is 1. The van der Waals surface area contributed by atoms with Gasteiger partial charge in [0.1, 0.15) is 18.3 Å². The Morgan fingerprint density at radius 1 is 0.881 bits per heavy atom. The molecule has 0 atom stereocenters. The normalized spacial score (nSPS) is 13.6. The van der Waals surface area contributed by atoms with Crippen LogP contribution in [0.15, 0.2) is 78.9 Å². The lowest BCUT2D eigenvalue weighted by Gasteiger charge is -2.36. The highest BCUT2D eigenvalue weighted by molar-refractivity contribution is 6.09.